The molecule has 1 amide bonds. The lowest BCUT2D eigenvalue weighted by molar-refractivity contribution is -0.0250. The number of nitrogens with one attached hydrogen (secondary N) is 1. The van der Waals surface area contributed by atoms with Crippen molar-refractivity contribution in [2.24, 2.45) is 0 Å². The maximum absolute atomic E-state index is 11.3. The molecule has 0 spiro atoms. The predicted octanol–water partition coefficient (Wildman–Crippen LogP) is 0.934. The molecule has 0 aromatic rings. The van der Waals surface area contributed by atoms with Crippen LogP contribution in [0.15, 0.2) is 0 Å². The fraction of sp³-hybridized carbons (Fsp3) is 0.941. The third-order valence-corrected chi connectivity index (χ3v) is 2.98. The summed E-state index contributed by atoms with van der Waals surface area (Å²) in [6, 6.07) is 0. The number of ether oxygens (including phenoxy) is 6. The van der Waals surface area contributed by atoms with Crippen LogP contribution in [0.1, 0.15) is 26.7 Å². The van der Waals surface area contributed by atoms with Crippen molar-refractivity contribution in [3.8, 4) is 0 Å². The summed E-state index contributed by atoms with van der Waals surface area (Å²) in [6.45, 7) is 8.78. The lowest BCUT2D eigenvalue weighted by atomic mass is 10.4. The summed E-state index contributed by atoms with van der Waals surface area (Å²) in [5, 5.41) is 11.8. The Hall–Kier alpha value is -0.970. The van der Waals surface area contributed by atoms with Crippen LogP contribution in [0, 0.1) is 0 Å². The van der Waals surface area contributed by atoms with E-state index in [0.717, 1.165) is 12.8 Å². The second kappa shape index (κ2) is 20.3. The fourth-order valence-electron chi connectivity index (χ4n) is 1.65. The molecule has 156 valence electrons. The van der Waals surface area contributed by atoms with E-state index in [0.29, 0.717) is 66.1 Å². The quantitative estimate of drug-likeness (QED) is 0.252. The van der Waals surface area contributed by atoms with Gasteiger partial charge >= 0.3 is 6.09 Å². The highest BCUT2D eigenvalue weighted by atomic mass is 16.6. The number of carbonyl (C=O) groups excluding carboxylic acids is 1. The Kier molecular flexibility index (Phi) is 19.6. The second-order valence-electron chi connectivity index (χ2n) is 5.26. The van der Waals surface area contributed by atoms with Gasteiger partial charge in [-0.25, -0.2) is 4.79 Å². The minimum atomic E-state index is -1.10. The van der Waals surface area contributed by atoms with Gasteiger partial charge in [-0.3, -0.25) is 5.32 Å². The highest BCUT2D eigenvalue weighted by molar-refractivity contribution is 5.67. The van der Waals surface area contributed by atoms with Crippen molar-refractivity contribution in [1.29, 1.82) is 0 Å². The molecule has 0 aliphatic carbocycles. The summed E-state index contributed by atoms with van der Waals surface area (Å²) in [6.07, 6.45) is -0.0196. The zero-order chi connectivity index (χ0) is 19.3. The molecule has 0 radical (unpaired) electrons. The van der Waals surface area contributed by atoms with Crippen LogP contribution in [0.2, 0.25) is 0 Å². The van der Waals surface area contributed by atoms with Crippen LogP contribution in [-0.4, -0.2) is 90.1 Å². The monoisotopic (exact) mass is 381 g/mol. The van der Waals surface area contributed by atoms with Crippen molar-refractivity contribution in [2.45, 2.75) is 32.9 Å². The number of rotatable bonds is 19. The molecule has 1 atom stereocenters. The Balaban J connectivity index is 3.21. The average molecular weight is 381 g/mol. The van der Waals surface area contributed by atoms with Crippen molar-refractivity contribution in [1.82, 2.24) is 5.32 Å². The van der Waals surface area contributed by atoms with Crippen LogP contribution in [0.4, 0.5) is 4.79 Å². The van der Waals surface area contributed by atoms with E-state index in [1.165, 1.54) is 0 Å². The van der Waals surface area contributed by atoms with E-state index >= 15 is 0 Å². The van der Waals surface area contributed by atoms with E-state index < -0.39 is 12.3 Å². The molecule has 0 saturated carbocycles. The first-order valence-corrected chi connectivity index (χ1v) is 9.20. The number of hydrogen-bond donors (Lipinski definition) is 2. The smallest absolute Gasteiger partial charge is 0.409 e. The molecule has 0 aromatic carbocycles. The van der Waals surface area contributed by atoms with E-state index in [4.69, 9.17) is 28.4 Å². The first kappa shape index (κ1) is 25.0. The van der Waals surface area contributed by atoms with E-state index in [1.807, 2.05) is 13.8 Å². The van der Waals surface area contributed by atoms with Crippen LogP contribution in [0.3, 0.4) is 0 Å². The summed E-state index contributed by atoms with van der Waals surface area (Å²) in [5.41, 5.74) is 0. The van der Waals surface area contributed by atoms with Crippen LogP contribution >= 0.6 is 0 Å². The molecular weight excluding hydrogens is 346 g/mol. The standard InChI is InChI=1S/C17H35NO8/c1-3-5-6-26-17(20)18-16(19)15-25-14-13-24-12-11-23-10-9-22-8-7-21-4-2/h16,19H,3-15H2,1-2H3,(H,18,20). The molecule has 1 unspecified atom stereocenters. The Labute approximate surface area is 156 Å². The normalized spacial score (nSPS) is 12.1. The molecular formula is C17H35NO8. The maximum Gasteiger partial charge on any atom is 0.409 e. The third kappa shape index (κ3) is 19.4. The molecule has 9 nitrogen and oxygen atoms in total. The molecule has 2 N–H and O–H groups in total. The van der Waals surface area contributed by atoms with Crippen molar-refractivity contribution in [2.75, 3.05) is 72.7 Å². The number of carbonyl (C=O) groups is 1. The topological polar surface area (TPSA) is 105 Å². The SMILES string of the molecule is CCCCOC(=O)NC(O)COCCOCCOCCOCCOCC. The number of aliphatic hydroxyl groups excluding tert-OH is 1. The van der Waals surface area contributed by atoms with Crippen LogP contribution in [-0.2, 0) is 28.4 Å². The molecule has 0 saturated heterocycles. The predicted molar refractivity (Wildman–Crippen MR) is 95.2 cm³/mol. The summed E-state index contributed by atoms with van der Waals surface area (Å²) >= 11 is 0. The Morgan fingerprint density at radius 3 is 1.81 bits per heavy atom. The molecule has 0 heterocycles. The summed E-state index contributed by atoms with van der Waals surface area (Å²) < 4.78 is 31.1. The van der Waals surface area contributed by atoms with Crippen molar-refractivity contribution in [3.63, 3.8) is 0 Å². The lowest BCUT2D eigenvalue weighted by Gasteiger charge is -2.13. The van der Waals surface area contributed by atoms with Gasteiger partial charge in [0.25, 0.3) is 0 Å². The van der Waals surface area contributed by atoms with E-state index in [9.17, 15) is 9.90 Å². The average Bonchev–Trinajstić information content (AvgIpc) is 2.62. The first-order chi connectivity index (χ1) is 12.7. The Morgan fingerprint density at radius 2 is 1.31 bits per heavy atom. The zero-order valence-corrected chi connectivity index (χ0v) is 16.1. The van der Waals surface area contributed by atoms with Gasteiger partial charge in [0, 0.05) is 6.61 Å². The first-order valence-electron chi connectivity index (χ1n) is 9.20. The van der Waals surface area contributed by atoms with Crippen molar-refractivity contribution >= 4 is 6.09 Å². The van der Waals surface area contributed by atoms with Gasteiger partial charge in [-0.15, -0.1) is 0 Å². The van der Waals surface area contributed by atoms with E-state index in [-0.39, 0.29) is 6.61 Å². The molecule has 0 fully saturated rings. The van der Waals surface area contributed by atoms with Gasteiger partial charge in [0.1, 0.15) is 0 Å². The van der Waals surface area contributed by atoms with Gasteiger partial charge in [0.05, 0.1) is 66.1 Å². The van der Waals surface area contributed by atoms with Gasteiger partial charge in [-0.05, 0) is 13.3 Å². The van der Waals surface area contributed by atoms with Gasteiger partial charge in [0.2, 0.25) is 0 Å². The summed E-state index contributed by atoms with van der Waals surface area (Å²) in [5.74, 6) is 0. The zero-order valence-electron chi connectivity index (χ0n) is 16.1. The highest BCUT2D eigenvalue weighted by Crippen LogP contribution is 1.90. The number of aliphatic hydroxyl groups is 1. The fourth-order valence-corrected chi connectivity index (χ4v) is 1.65. The van der Waals surface area contributed by atoms with E-state index in [2.05, 4.69) is 5.32 Å². The molecule has 0 rings (SSSR count). The molecule has 26 heavy (non-hydrogen) atoms. The number of alkyl carbamates (subject to hydrolysis) is 1. The summed E-state index contributed by atoms with van der Waals surface area (Å²) in [4.78, 5) is 11.3. The molecule has 0 aliphatic rings. The van der Waals surface area contributed by atoms with Gasteiger partial charge in [-0.1, -0.05) is 13.3 Å². The highest BCUT2D eigenvalue weighted by Gasteiger charge is 2.09. The Bertz CT molecular complexity index is 306. The van der Waals surface area contributed by atoms with Gasteiger partial charge in [-0.2, -0.15) is 0 Å². The van der Waals surface area contributed by atoms with Crippen molar-refractivity contribution < 1.29 is 38.3 Å². The minimum Gasteiger partial charge on any atom is -0.450 e. The van der Waals surface area contributed by atoms with Crippen LogP contribution < -0.4 is 5.32 Å². The third-order valence-electron chi connectivity index (χ3n) is 2.98. The second-order valence-corrected chi connectivity index (χ2v) is 5.26. The number of unbranched alkanes of at least 4 members (excludes halogenated alkanes) is 1. The van der Waals surface area contributed by atoms with Crippen LogP contribution in [0.25, 0.3) is 0 Å². The van der Waals surface area contributed by atoms with Crippen molar-refractivity contribution in [3.05, 3.63) is 0 Å². The lowest BCUT2D eigenvalue weighted by Crippen LogP contribution is -2.38. The van der Waals surface area contributed by atoms with Gasteiger partial charge < -0.3 is 33.5 Å². The minimum absolute atomic E-state index is 0.0260. The largest absolute Gasteiger partial charge is 0.450 e. The number of hydrogen-bond acceptors (Lipinski definition) is 8. The Morgan fingerprint density at radius 1 is 0.808 bits per heavy atom. The van der Waals surface area contributed by atoms with Crippen LogP contribution in [0.5, 0.6) is 0 Å². The molecule has 9 heteroatoms. The molecule has 0 bridgehead atoms. The number of amides is 1. The summed E-state index contributed by atoms with van der Waals surface area (Å²) in [7, 11) is 0. The molecule has 0 aromatic heterocycles. The molecule has 0 aliphatic heterocycles. The van der Waals surface area contributed by atoms with E-state index in [1.54, 1.807) is 0 Å². The van der Waals surface area contributed by atoms with Gasteiger partial charge in [0.15, 0.2) is 6.23 Å². The maximum atomic E-state index is 11.3.